The molecule has 1 aromatic carbocycles. The zero-order chi connectivity index (χ0) is 13.5. The molecule has 0 radical (unpaired) electrons. The van der Waals surface area contributed by atoms with Crippen LogP contribution in [0.15, 0.2) is 24.3 Å². The van der Waals surface area contributed by atoms with Crippen LogP contribution in [0.25, 0.3) is 6.08 Å². The fourth-order valence-corrected chi connectivity index (χ4v) is 1.36. The fraction of sp³-hybridized carbons (Fsp3) is 0.357. The minimum Gasteiger partial charge on any atom is -0.493 e. The third-order valence-electron chi connectivity index (χ3n) is 2.51. The summed E-state index contributed by atoms with van der Waals surface area (Å²) in [5.41, 5.74) is 0.761. The van der Waals surface area contributed by atoms with E-state index in [4.69, 9.17) is 14.6 Å². The first-order chi connectivity index (χ1) is 8.56. The molecule has 0 aromatic heterocycles. The van der Waals surface area contributed by atoms with Gasteiger partial charge in [-0.3, -0.25) is 0 Å². The van der Waals surface area contributed by atoms with E-state index >= 15 is 0 Å². The Bertz CT molecular complexity index is 437. The zero-order valence-corrected chi connectivity index (χ0v) is 10.8. The highest BCUT2D eigenvalue weighted by molar-refractivity contribution is 5.85. The number of carbonyl (C=O) groups is 1. The molecule has 0 spiro atoms. The maximum absolute atomic E-state index is 10.5. The second kappa shape index (κ2) is 6.69. The van der Waals surface area contributed by atoms with Gasteiger partial charge in [0.2, 0.25) is 0 Å². The molecular weight excluding hydrogens is 232 g/mol. The summed E-state index contributed by atoms with van der Waals surface area (Å²) in [6.45, 7) is 4.00. The number of methoxy groups -OCH3 is 1. The van der Waals surface area contributed by atoms with Gasteiger partial charge in [0.25, 0.3) is 0 Å². The lowest BCUT2D eigenvalue weighted by Crippen LogP contribution is -2.10. The van der Waals surface area contributed by atoms with Crippen molar-refractivity contribution in [2.24, 2.45) is 0 Å². The van der Waals surface area contributed by atoms with Crippen LogP contribution in [0.4, 0.5) is 0 Å². The van der Waals surface area contributed by atoms with Gasteiger partial charge < -0.3 is 14.6 Å². The number of hydrogen-bond acceptors (Lipinski definition) is 3. The topological polar surface area (TPSA) is 55.8 Å². The van der Waals surface area contributed by atoms with Crippen molar-refractivity contribution in [2.75, 3.05) is 7.11 Å². The Morgan fingerprint density at radius 2 is 2.17 bits per heavy atom. The molecule has 0 aliphatic carbocycles. The molecule has 18 heavy (non-hydrogen) atoms. The van der Waals surface area contributed by atoms with Crippen LogP contribution >= 0.6 is 0 Å². The first-order valence-corrected chi connectivity index (χ1v) is 5.82. The summed E-state index contributed by atoms with van der Waals surface area (Å²) in [5.74, 6) is 0.289. The van der Waals surface area contributed by atoms with Crippen LogP contribution in [-0.4, -0.2) is 24.3 Å². The van der Waals surface area contributed by atoms with Crippen LogP contribution in [-0.2, 0) is 4.79 Å². The standard InChI is InChI=1S/C14H18O4/c1-4-10(2)18-13-9-11(6-8-14(15)16)5-7-12(13)17-3/h5-10H,4H2,1-3H3,(H,15,16)/b8-6+. The Kier molecular flexibility index (Phi) is 5.24. The summed E-state index contributed by atoms with van der Waals surface area (Å²) in [7, 11) is 1.57. The maximum atomic E-state index is 10.5. The molecular formula is C14H18O4. The number of benzene rings is 1. The molecule has 0 bridgehead atoms. The third kappa shape index (κ3) is 4.13. The Balaban J connectivity index is 2.97. The lowest BCUT2D eigenvalue weighted by Gasteiger charge is -2.15. The minimum absolute atomic E-state index is 0.0811. The molecule has 0 amide bonds. The molecule has 0 heterocycles. The first kappa shape index (κ1) is 14.1. The summed E-state index contributed by atoms with van der Waals surface area (Å²) in [5, 5.41) is 8.59. The Morgan fingerprint density at radius 1 is 1.44 bits per heavy atom. The highest BCUT2D eigenvalue weighted by Crippen LogP contribution is 2.29. The normalized spacial score (nSPS) is 12.4. The van der Waals surface area contributed by atoms with E-state index in [1.54, 1.807) is 25.3 Å². The lowest BCUT2D eigenvalue weighted by molar-refractivity contribution is -0.131. The number of aliphatic carboxylic acids is 1. The van der Waals surface area contributed by atoms with E-state index in [9.17, 15) is 4.79 Å². The molecule has 0 fully saturated rings. The fourth-order valence-electron chi connectivity index (χ4n) is 1.36. The molecule has 1 unspecified atom stereocenters. The summed E-state index contributed by atoms with van der Waals surface area (Å²) in [6, 6.07) is 5.31. The van der Waals surface area contributed by atoms with Crippen molar-refractivity contribution in [3.05, 3.63) is 29.8 Å². The monoisotopic (exact) mass is 250 g/mol. The van der Waals surface area contributed by atoms with Crippen molar-refractivity contribution in [3.8, 4) is 11.5 Å². The van der Waals surface area contributed by atoms with E-state index in [-0.39, 0.29) is 6.10 Å². The molecule has 4 nitrogen and oxygen atoms in total. The van der Waals surface area contributed by atoms with E-state index < -0.39 is 5.97 Å². The first-order valence-electron chi connectivity index (χ1n) is 5.82. The van der Waals surface area contributed by atoms with Crippen molar-refractivity contribution in [2.45, 2.75) is 26.4 Å². The minimum atomic E-state index is -0.977. The summed E-state index contributed by atoms with van der Waals surface area (Å²) < 4.78 is 10.9. The molecule has 1 atom stereocenters. The van der Waals surface area contributed by atoms with E-state index in [1.807, 2.05) is 13.8 Å². The Labute approximate surface area is 107 Å². The average Bonchev–Trinajstić information content (AvgIpc) is 2.36. The molecule has 0 saturated carbocycles. The van der Waals surface area contributed by atoms with E-state index in [1.165, 1.54) is 6.08 Å². The van der Waals surface area contributed by atoms with Crippen LogP contribution in [0.5, 0.6) is 11.5 Å². The van der Waals surface area contributed by atoms with Gasteiger partial charge in [-0.25, -0.2) is 4.79 Å². The second-order valence-electron chi connectivity index (χ2n) is 3.92. The van der Waals surface area contributed by atoms with Crippen LogP contribution in [0.3, 0.4) is 0 Å². The quantitative estimate of drug-likeness (QED) is 0.788. The molecule has 0 aliphatic heterocycles. The highest BCUT2D eigenvalue weighted by Gasteiger charge is 2.08. The van der Waals surface area contributed by atoms with Gasteiger partial charge in [0.15, 0.2) is 11.5 Å². The van der Waals surface area contributed by atoms with Crippen molar-refractivity contribution in [1.29, 1.82) is 0 Å². The SMILES string of the molecule is CCC(C)Oc1cc(/C=C/C(=O)O)ccc1OC. The van der Waals surface area contributed by atoms with Gasteiger partial charge in [0.05, 0.1) is 13.2 Å². The third-order valence-corrected chi connectivity index (χ3v) is 2.51. The summed E-state index contributed by atoms with van der Waals surface area (Å²) in [6.07, 6.45) is 3.58. The largest absolute Gasteiger partial charge is 0.493 e. The van der Waals surface area contributed by atoms with Crippen molar-refractivity contribution in [1.82, 2.24) is 0 Å². The Hall–Kier alpha value is -1.97. The maximum Gasteiger partial charge on any atom is 0.328 e. The molecule has 1 rings (SSSR count). The molecule has 1 N–H and O–H groups in total. The lowest BCUT2D eigenvalue weighted by atomic mass is 10.2. The van der Waals surface area contributed by atoms with Gasteiger partial charge in [-0.05, 0) is 37.1 Å². The number of rotatable bonds is 6. The molecule has 4 heteroatoms. The van der Waals surface area contributed by atoms with Crippen LogP contribution < -0.4 is 9.47 Å². The van der Waals surface area contributed by atoms with Gasteiger partial charge in [-0.15, -0.1) is 0 Å². The molecule has 0 saturated heterocycles. The van der Waals surface area contributed by atoms with Gasteiger partial charge in [0, 0.05) is 6.08 Å². The predicted molar refractivity (Wildman–Crippen MR) is 70.0 cm³/mol. The van der Waals surface area contributed by atoms with Crippen LogP contribution in [0.2, 0.25) is 0 Å². The van der Waals surface area contributed by atoms with E-state index in [2.05, 4.69) is 0 Å². The van der Waals surface area contributed by atoms with Gasteiger partial charge >= 0.3 is 5.97 Å². The summed E-state index contributed by atoms with van der Waals surface area (Å²) in [4.78, 5) is 10.5. The number of carboxylic acid groups (broad SMARTS) is 1. The van der Waals surface area contributed by atoms with E-state index in [0.29, 0.717) is 11.5 Å². The average molecular weight is 250 g/mol. The Morgan fingerprint density at radius 3 is 2.72 bits per heavy atom. The van der Waals surface area contributed by atoms with Crippen LogP contribution in [0, 0.1) is 0 Å². The van der Waals surface area contributed by atoms with E-state index in [0.717, 1.165) is 18.1 Å². The smallest absolute Gasteiger partial charge is 0.328 e. The van der Waals surface area contributed by atoms with Crippen molar-refractivity contribution in [3.63, 3.8) is 0 Å². The number of carboxylic acids is 1. The van der Waals surface area contributed by atoms with Gasteiger partial charge in [0.1, 0.15) is 0 Å². The highest BCUT2D eigenvalue weighted by atomic mass is 16.5. The van der Waals surface area contributed by atoms with Gasteiger partial charge in [-0.2, -0.15) is 0 Å². The second-order valence-corrected chi connectivity index (χ2v) is 3.92. The van der Waals surface area contributed by atoms with Crippen molar-refractivity contribution < 1.29 is 19.4 Å². The zero-order valence-electron chi connectivity index (χ0n) is 10.8. The predicted octanol–water partition coefficient (Wildman–Crippen LogP) is 2.97. The molecule has 98 valence electrons. The van der Waals surface area contributed by atoms with Gasteiger partial charge in [-0.1, -0.05) is 13.0 Å². The van der Waals surface area contributed by atoms with Crippen LogP contribution in [0.1, 0.15) is 25.8 Å². The molecule has 1 aromatic rings. The number of ether oxygens (including phenoxy) is 2. The van der Waals surface area contributed by atoms with Crippen molar-refractivity contribution >= 4 is 12.0 Å². The summed E-state index contributed by atoms with van der Waals surface area (Å²) >= 11 is 0. The number of hydrogen-bond donors (Lipinski definition) is 1. The molecule has 0 aliphatic rings.